The highest BCUT2D eigenvalue weighted by Crippen LogP contribution is 2.13. The quantitative estimate of drug-likeness (QED) is 0.595. The fourth-order valence-electron chi connectivity index (χ4n) is 0.485. The van der Waals surface area contributed by atoms with Crippen molar-refractivity contribution in [2.75, 3.05) is 6.67 Å². The minimum Gasteiger partial charge on any atom is -0.251 e. The molecule has 0 aromatic heterocycles. The Balaban J connectivity index is 0. The molecule has 0 atom stereocenters. The van der Waals surface area contributed by atoms with Crippen molar-refractivity contribution in [3.63, 3.8) is 0 Å². The van der Waals surface area contributed by atoms with Crippen LogP contribution in [0.3, 0.4) is 0 Å². The molecule has 0 aliphatic rings. The highest BCUT2D eigenvalue weighted by molar-refractivity contribution is 4.42. The monoisotopic (exact) mass is 192 g/mol. The highest BCUT2D eigenvalue weighted by atomic mass is 19.5. The molecule has 0 bridgehead atoms. The normalized spacial score (nSPS) is 11.0. The van der Waals surface area contributed by atoms with Crippen molar-refractivity contribution < 1.29 is 22.0 Å². The lowest BCUT2D eigenvalue weighted by Crippen LogP contribution is -1.92. The number of hydrogen-bond donors (Lipinski definition) is 0. The Labute approximate surface area is 68.8 Å². The Morgan fingerprint density at radius 1 is 1.08 bits per heavy atom. The van der Waals surface area contributed by atoms with Crippen molar-refractivity contribution >= 4 is 0 Å². The summed E-state index contributed by atoms with van der Waals surface area (Å²) in [6.45, 7) is 4.06. The van der Waals surface area contributed by atoms with Crippen LogP contribution in [0.25, 0.3) is 0 Å². The standard InChI is InChI=1S/C6H13F.CF4/c1-6(2)4-3-5-7;2-1(3,4)5/h6H,3-5H2,1-2H3;. The van der Waals surface area contributed by atoms with Gasteiger partial charge in [-0.15, -0.1) is 17.6 Å². The van der Waals surface area contributed by atoms with Crippen LogP contribution in [0.5, 0.6) is 0 Å². The average molecular weight is 192 g/mol. The second kappa shape index (κ2) is 7.31. The molecule has 0 saturated carbocycles. The van der Waals surface area contributed by atoms with Crippen LogP contribution >= 0.6 is 0 Å². The van der Waals surface area contributed by atoms with Crippen LogP contribution in [-0.2, 0) is 0 Å². The Kier molecular flexibility index (Phi) is 8.64. The number of rotatable bonds is 3. The van der Waals surface area contributed by atoms with Crippen LogP contribution in [-0.4, -0.2) is 13.1 Å². The van der Waals surface area contributed by atoms with Gasteiger partial charge in [0.25, 0.3) is 0 Å². The second-order valence-electron chi connectivity index (χ2n) is 2.65. The summed E-state index contributed by atoms with van der Waals surface area (Å²) in [6, 6.07) is 0. The number of hydrogen-bond acceptors (Lipinski definition) is 0. The van der Waals surface area contributed by atoms with E-state index in [1.54, 1.807) is 0 Å². The van der Waals surface area contributed by atoms with Crippen molar-refractivity contribution in [1.29, 1.82) is 0 Å². The van der Waals surface area contributed by atoms with Gasteiger partial charge in [-0.1, -0.05) is 13.8 Å². The van der Waals surface area contributed by atoms with E-state index in [4.69, 9.17) is 0 Å². The molecule has 0 amide bonds. The molecule has 0 rings (SSSR count). The maximum absolute atomic E-state index is 11.4. The molecule has 0 spiro atoms. The van der Waals surface area contributed by atoms with Gasteiger partial charge >= 0.3 is 6.43 Å². The van der Waals surface area contributed by atoms with E-state index in [2.05, 4.69) is 13.8 Å². The molecule has 0 N–H and O–H groups in total. The Bertz CT molecular complexity index is 80.3. The largest absolute Gasteiger partial charge is 0.559 e. The summed E-state index contributed by atoms with van der Waals surface area (Å²) < 4.78 is 50.1. The van der Waals surface area contributed by atoms with Gasteiger partial charge in [0, 0.05) is 0 Å². The summed E-state index contributed by atoms with van der Waals surface area (Å²) in [5, 5.41) is 0. The van der Waals surface area contributed by atoms with Crippen molar-refractivity contribution in [2.45, 2.75) is 33.1 Å². The first-order chi connectivity index (χ1) is 5.27. The van der Waals surface area contributed by atoms with Crippen molar-refractivity contribution in [1.82, 2.24) is 0 Å². The zero-order chi connectivity index (χ0) is 10.2. The summed E-state index contributed by atoms with van der Waals surface area (Å²) >= 11 is 0. The van der Waals surface area contributed by atoms with Crippen LogP contribution in [0.2, 0.25) is 0 Å². The van der Waals surface area contributed by atoms with Gasteiger partial charge in [-0.2, -0.15) is 0 Å². The summed E-state index contributed by atoms with van der Waals surface area (Å²) in [7, 11) is 0. The smallest absolute Gasteiger partial charge is 0.251 e. The molecule has 76 valence electrons. The van der Waals surface area contributed by atoms with E-state index in [9.17, 15) is 22.0 Å². The predicted octanol–water partition coefficient (Wildman–Crippen LogP) is 3.87. The summed E-state index contributed by atoms with van der Waals surface area (Å²) in [6.07, 6.45) is -3.74. The molecule has 0 heterocycles. The van der Waals surface area contributed by atoms with E-state index >= 15 is 0 Å². The molecule has 5 heteroatoms. The lowest BCUT2D eigenvalue weighted by molar-refractivity contribution is -0.237. The zero-order valence-electron chi connectivity index (χ0n) is 7.09. The van der Waals surface area contributed by atoms with Gasteiger partial charge in [-0.3, -0.25) is 4.39 Å². The molecule has 0 saturated heterocycles. The third-order valence-electron chi connectivity index (χ3n) is 0.915. The van der Waals surface area contributed by atoms with Crippen LogP contribution < -0.4 is 0 Å². The van der Waals surface area contributed by atoms with E-state index in [1.807, 2.05) is 0 Å². The molecule has 0 aromatic rings. The van der Waals surface area contributed by atoms with Gasteiger partial charge in [-0.25, -0.2) is 0 Å². The molecule has 0 aromatic carbocycles. The first kappa shape index (κ1) is 14.2. The second-order valence-corrected chi connectivity index (χ2v) is 2.65. The molecular formula is C7H13F5. The lowest BCUT2D eigenvalue weighted by atomic mass is 10.1. The van der Waals surface area contributed by atoms with Crippen LogP contribution in [0.15, 0.2) is 0 Å². The summed E-state index contributed by atoms with van der Waals surface area (Å²) in [5.74, 6) is 0.663. The lowest BCUT2D eigenvalue weighted by Gasteiger charge is -1.97. The van der Waals surface area contributed by atoms with Crippen LogP contribution in [0, 0.1) is 5.92 Å². The van der Waals surface area contributed by atoms with E-state index in [1.165, 1.54) is 0 Å². The first-order valence-corrected chi connectivity index (χ1v) is 3.59. The molecule has 0 fully saturated rings. The minimum atomic E-state index is -5.50. The maximum Gasteiger partial charge on any atom is 0.559 e. The summed E-state index contributed by atoms with van der Waals surface area (Å²) in [5.41, 5.74) is 0. The Hall–Kier alpha value is -0.350. The van der Waals surface area contributed by atoms with Crippen LogP contribution in [0.4, 0.5) is 22.0 Å². The summed E-state index contributed by atoms with van der Waals surface area (Å²) in [4.78, 5) is 0. The van der Waals surface area contributed by atoms with Crippen molar-refractivity contribution in [2.24, 2.45) is 5.92 Å². The van der Waals surface area contributed by atoms with Gasteiger partial charge in [-0.05, 0) is 18.8 Å². The van der Waals surface area contributed by atoms with Gasteiger partial charge in [0.15, 0.2) is 0 Å². The van der Waals surface area contributed by atoms with Crippen molar-refractivity contribution in [3.05, 3.63) is 0 Å². The Morgan fingerprint density at radius 3 is 1.50 bits per heavy atom. The fourth-order valence-corrected chi connectivity index (χ4v) is 0.485. The first-order valence-electron chi connectivity index (χ1n) is 3.59. The molecule has 12 heavy (non-hydrogen) atoms. The molecular weight excluding hydrogens is 179 g/mol. The molecule has 0 radical (unpaired) electrons. The Morgan fingerprint density at radius 2 is 1.42 bits per heavy atom. The van der Waals surface area contributed by atoms with E-state index in [0.717, 1.165) is 12.8 Å². The van der Waals surface area contributed by atoms with E-state index in [-0.39, 0.29) is 6.67 Å². The van der Waals surface area contributed by atoms with E-state index in [0.29, 0.717) is 5.92 Å². The zero-order valence-corrected chi connectivity index (χ0v) is 7.09. The van der Waals surface area contributed by atoms with Gasteiger partial charge < -0.3 is 0 Å². The molecule has 0 aliphatic heterocycles. The molecule has 0 unspecified atom stereocenters. The van der Waals surface area contributed by atoms with Crippen LogP contribution in [0.1, 0.15) is 26.7 Å². The molecule has 0 aliphatic carbocycles. The fraction of sp³-hybridized carbons (Fsp3) is 1.00. The van der Waals surface area contributed by atoms with E-state index < -0.39 is 6.43 Å². The SMILES string of the molecule is CC(C)CCCF.FC(F)(F)F. The number of alkyl halides is 5. The van der Waals surface area contributed by atoms with Crippen molar-refractivity contribution in [3.8, 4) is 0 Å². The average Bonchev–Trinajstić information content (AvgIpc) is 1.79. The third-order valence-corrected chi connectivity index (χ3v) is 0.915. The highest BCUT2D eigenvalue weighted by Gasteiger charge is 2.24. The third kappa shape index (κ3) is 54.2. The predicted molar refractivity (Wildman–Crippen MR) is 37.2 cm³/mol. The minimum absolute atomic E-state index is 0.155. The van der Waals surface area contributed by atoms with Gasteiger partial charge in [0.1, 0.15) is 0 Å². The topological polar surface area (TPSA) is 0 Å². The van der Waals surface area contributed by atoms with Gasteiger partial charge in [0.05, 0.1) is 6.67 Å². The maximum atomic E-state index is 11.4. The number of halogens is 5. The van der Waals surface area contributed by atoms with Gasteiger partial charge in [0.2, 0.25) is 0 Å². The molecule has 0 nitrogen and oxygen atoms in total.